The Kier molecular flexibility index (Phi) is 4.22. The number of anilines is 2. The molecule has 0 fully saturated rings. The lowest BCUT2D eigenvalue weighted by Crippen LogP contribution is -2.34. The maximum absolute atomic E-state index is 11.6. The number of nitrogen functional groups attached to an aromatic ring is 1. The summed E-state index contributed by atoms with van der Waals surface area (Å²) in [6.45, 7) is 3.52. The molecule has 0 saturated heterocycles. The molecular formula is C14H21N3O3. The number of nitrogens with zero attached hydrogens (tertiary/aromatic N) is 1. The molecule has 1 aromatic rings. The number of ether oxygens (including phenoxy) is 2. The summed E-state index contributed by atoms with van der Waals surface area (Å²) in [7, 11) is 3.54. The number of carbonyl (C=O) groups is 1. The summed E-state index contributed by atoms with van der Waals surface area (Å²) in [4.78, 5) is 13.5. The molecule has 0 radical (unpaired) electrons. The largest absolute Gasteiger partial charge is 0.486 e. The highest BCUT2D eigenvalue weighted by Gasteiger charge is 2.19. The molecule has 6 nitrogen and oxygen atoms in total. The van der Waals surface area contributed by atoms with Crippen molar-refractivity contribution in [2.45, 2.75) is 6.92 Å². The van der Waals surface area contributed by atoms with Gasteiger partial charge in [-0.2, -0.15) is 0 Å². The molecule has 0 spiro atoms. The van der Waals surface area contributed by atoms with Crippen LogP contribution in [0.4, 0.5) is 11.4 Å². The summed E-state index contributed by atoms with van der Waals surface area (Å²) in [5, 5.41) is 2.64. The number of hydrogen-bond acceptors (Lipinski definition) is 5. The van der Waals surface area contributed by atoms with Crippen LogP contribution in [0.2, 0.25) is 0 Å². The Labute approximate surface area is 118 Å². The molecule has 6 heteroatoms. The van der Waals surface area contributed by atoms with Gasteiger partial charge in [-0.25, -0.2) is 0 Å². The van der Waals surface area contributed by atoms with Crippen LogP contribution in [0, 0.1) is 5.92 Å². The van der Waals surface area contributed by atoms with Crippen LogP contribution in [0.15, 0.2) is 12.1 Å². The maximum atomic E-state index is 11.6. The van der Waals surface area contributed by atoms with Gasteiger partial charge in [0, 0.05) is 32.8 Å². The number of rotatable bonds is 4. The topological polar surface area (TPSA) is 76.8 Å². The Hall–Kier alpha value is -2.11. The smallest absolute Gasteiger partial charge is 0.224 e. The van der Waals surface area contributed by atoms with E-state index >= 15 is 0 Å². The van der Waals surface area contributed by atoms with E-state index in [2.05, 4.69) is 5.32 Å². The molecule has 2 rings (SSSR count). The maximum Gasteiger partial charge on any atom is 0.224 e. The van der Waals surface area contributed by atoms with Crippen LogP contribution in [-0.4, -0.2) is 39.8 Å². The quantitative estimate of drug-likeness (QED) is 0.799. The summed E-state index contributed by atoms with van der Waals surface area (Å²) in [6, 6.07) is 3.63. The van der Waals surface area contributed by atoms with Gasteiger partial charge in [0.1, 0.15) is 13.2 Å². The van der Waals surface area contributed by atoms with Crippen molar-refractivity contribution in [1.82, 2.24) is 5.32 Å². The van der Waals surface area contributed by atoms with Crippen molar-refractivity contribution in [1.29, 1.82) is 0 Å². The van der Waals surface area contributed by atoms with Crippen LogP contribution in [0.25, 0.3) is 0 Å². The Bertz CT molecular complexity index is 505. The Morgan fingerprint density at radius 2 is 2.00 bits per heavy atom. The van der Waals surface area contributed by atoms with E-state index in [0.717, 1.165) is 5.69 Å². The van der Waals surface area contributed by atoms with Crippen molar-refractivity contribution in [3.63, 3.8) is 0 Å². The molecule has 1 amide bonds. The first-order valence-electron chi connectivity index (χ1n) is 6.64. The van der Waals surface area contributed by atoms with E-state index in [-0.39, 0.29) is 11.8 Å². The summed E-state index contributed by atoms with van der Waals surface area (Å²) in [5.74, 6) is 1.25. The Morgan fingerprint density at radius 1 is 1.40 bits per heavy atom. The molecule has 20 heavy (non-hydrogen) atoms. The normalized spacial score (nSPS) is 14.6. The standard InChI is InChI=1S/C14H21N3O3/c1-9(14(18)16-2)8-17(3)11-7-13-12(6-10(11)15)19-4-5-20-13/h6-7,9H,4-5,8,15H2,1-3H3,(H,16,18). The predicted octanol–water partition coefficient (Wildman–Crippen LogP) is 0.858. The van der Waals surface area contributed by atoms with E-state index < -0.39 is 0 Å². The van der Waals surface area contributed by atoms with Crippen LogP contribution in [0.3, 0.4) is 0 Å². The SMILES string of the molecule is CNC(=O)C(C)CN(C)c1cc2c(cc1N)OCCO2. The third-order valence-electron chi connectivity index (χ3n) is 3.34. The van der Waals surface area contributed by atoms with Crippen molar-refractivity contribution < 1.29 is 14.3 Å². The van der Waals surface area contributed by atoms with Crippen LogP contribution in [-0.2, 0) is 4.79 Å². The van der Waals surface area contributed by atoms with Gasteiger partial charge in [-0.15, -0.1) is 0 Å². The van der Waals surface area contributed by atoms with Gasteiger partial charge in [0.2, 0.25) is 5.91 Å². The Morgan fingerprint density at radius 3 is 2.60 bits per heavy atom. The van der Waals surface area contributed by atoms with Gasteiger partial charge in [0.15, 0.2) is 11.5 Å². The van der Waals surface area contributed by atoms with E-state index in [1.165, 1.54) is 0 Å². The second-order valence-electron chi connectivity index (χ2n) is 4.95. The van der Waals surface area contributed by atoms with E-state index in [1.54, 1.807) is 13.1 Å². The number of hydrogen-bond donors (Lipinski definition) is 2. The average Bonchev–Trinajstić information content (AvgIpc) is 2.45. The van der Waals surface area contributed by atoms with Gasteiger partial charge in [0.25, 0.3) is 0 Å². The first kappa shape index (κ1) is 14.3. The monoisotopic (exact) mass is 279 g/mol. The van der Waals surface area contributed by atoms with Crippen LogP contribution in [0.5, 0.6) is 11.5 Å². The van der Waals surface area contributed by atoms with Gasteiger partial charge in [-0.05, 0) is 0 Å². The first-order chi connectivity index (χ1) is 9.52. The molecule has 1 aromatic carbocycles. The zero-order chi connectivity index (χ0) is 14.7. The molecule has 1 aliphatic rings. The fourth-order valence-electron chi connectivity index (χ4n) is 2.26. The van der Waals surface area contributed by atoms with E-state index in [9.17, 15) is 4.79 Å². The summed E-state index contributed by atoms with van der Waals surface area (Å²) >= 11 is 0. The van der Waals surface area contributed by atoms with Crippen LogP contribution >= 0.6 is 0 Å². The molecule has 0 saturated carbocycles. The molecule has 0 bridgehead atoms. The van der Waals surface area contributed by atoms with Gasteiger partial charge in [-0.1, -0.05) is 6.92 Å². The van der Waals surface area contributed by atoms with Gasteiger partial charge in [-0.3, -0.25) is 4.79 Å². The molecule has 0 aromatic heterocycles. The lowest BCUT2D eigenvalue weighted by Gasteiger charge is -2.26. The number of benzene rings is 1. The van der Waals surface area contributed by atoms with E-state index in [1.807, 2.05) is 24.9 Å². The number of fused-ring (bicyclic) bond motifs is 1. The molecule has 110 valence electrons. The molecule has 3 N–H and O–H groups in total. The fourth-order valence-corrected chi connectivity index (χ4v) is 2.26. The first-order valence-corrected chi connectivity index (χ1v) is 6.64. The highest BCUT2D eigenvalue weighted by atomic mass is 16.6. The van der Waals surface area contributed by atoms with E-state index in [4.69, 9.17) is 15.2 Å². The number of nitrogens with one attached hydrogen (secondary N) is 1. The third-order valence-corrected chi connectivity index (χ3v) is 3.34. The average molecular weight is 279 g/mol. The predicted molar refractivity (Wildman–Crippen MR) is 78.3 cm³/mol. The molecule has 1 unspecified atom stereocenters. The second kappa shape index (κ2) is 5.90. The molecule has 0 aliphatic carbocycles. The fraction of sp³-hybridized carbons (Fsp3) is 0.500. The van der Waals surface area contributed by atoms with Crippen molar-refractivity contribution in [3.05, 3.63) is 12.1 Å². The van der Waals surface area contributed by atoms with Crippen molar-refractivity contribution in [2.75, 3.05) is 44.5 Å². The zero-order valence-electron chi connectivity index (χ0n) is 12.1. The number of carbonyl (C=O) groups excluding carboxylic acids is 1. The van der Waals surface area contributed by atoms with Crippen LogP contribution < -0.4 is 25.4 Å². The number of nitrogens with two attached hydrogens (primary N) is 1. The molecule has 1 aliphatic heterocycles. The third kappa shape index (κ3) is 2.89. The Balaban J connectivity index is 2.17. The lowest BCUT2D eigenvalue weighted by atomic mass is 10.1. The zero-order valence-corrected chi connectivity index (χ0v) is 12.1. The summed E-state index contributed by atoms with van der Waals surface area (Å²) < 4.78 is 11.0. The van der Waals surface area contributed by atoms with Crippen molar-refractivity contribution >= 4 is 17.3 Å². The summed E-state index contributed by atoms with van der Waals surface area (Å²) in [6.07, 6.45) is 0. The van der Waals surface area contributed by atoms with E-state index in [0.29, 0.717) is 36.9 Å². The molecule has 1 heterocycles. The van der Waals surface area contributed by atoms with Crippen molar-refractivity contribution in [2.24, 2.45) is 5.92 Å². The minimum Gasteiger partial charge on any atom is -0.486 e. The van der Waals surface area contributed by atoms with Gasteiger partial charge in [0.05, 0.1) is 17.3 Å². The highest BCUT2D eigenvalue weighted by molar-refractivity contribution is 5.79. The molecular weight excluding hydrogens is 258 g/mol. The highest BCUT2D eigenvalue weighted by Crippen LogP contribution is 2.38. The summed E-state index contributed by atoms with van der Waals surface area (Å²) in [5.41, 5.74) is 7.50. The van der Waals surface area contributed by atoms with Crippen LogP contribution in [0.1, 0.15) is 6.92 Å². The lowest BCUT2D eigenvalue weighted by molar-refractivity contribution is -0.123. The van der Waals surface area contributed by atoms with Gasteiger partial charge >= 0.3 is 0 Å². The van der Waals surface area contributed by atoms with Gasteiger partial charge < -0.3 is 25.4 Å². The number of amides is 1. The minimum atomic E-state index is -0.127. The second-order valence-corrected chi connectivity index (χ2v) is 4.95. The molecule has 1 atom stereocenters. The minimum absolute atomic E-state index is 0.00737. The van der Waals surface area contributed by atoms with Crippen molar-refractivity contribution in [3.8, 4) is 11.5 Å².